The molecular formula is C15H28N2O2. The molecule has 19 heavy (non-hydrogen) atoms. The van der Waals surface area contributed by atoms with Crippen LogP contribution in [0.3, 0.4) is 0 Å². The van der Waals surface area contributed by atoms with Gasteiger partial charge in [0.1, 0.15) is 12.1 Å². The van der Waals surface area contributed by atoms with E-state index in [4.69, 9.17) is 0 Å². The highest BCUT2D eigenvalue weighted by Gasteiger charge is 2.43. The summed E-state index contributed by atoms with van der Waals surface area (Å²) in [7, 11) is 0. The zero-order valence-electron chi connectivity index (χ0n) is 12.9. The molecule has 3 atom stereocenters. The zero-order valence-corrected chi connectivity index (χ0v) is 12.9. The van der Waals surface area contributed by atoms with Crippen molar-refractivity contribution in [2.24, 2.45) is 5.92 Å². The molecule has 0 saturated carbocycles. The van der Waals surface area contributed by atoms with E-state index in [-0.39, 0.29) is 35.9 Å². The first kappa shape index (κ1) is 16.0. The summed E-state index contributed by atoms with van der Waals surface area (Å²) in [6.07, 6.45) is 3.57. The molecule has 0 aromatic rings. The number of carbonyl (C=O) groups is 2. The second-order valence-corrected chi connectivity index (χ2v) is 5.75. The van der Waals surface area contributed by atoms with Crippen LogP contribution in [0.25, 0.3) is 0 Å². The average molecular weight is 268 g/mol. The van der Waals surface area contributed by atoms with Crippen LogP contribution < -0.4 is 5.32 Å². The average Bonchev–Trinajstić information content (AvgIpc) is 2.37. The summed E-state index contributed by atoms with van der Waals surface area (Å²) in [5.74, 6) is 0.254. The Hall–Kier alpha value is -1.06. The summed E-state index contributed by atoms with van der Waals surface area (Å²) in [4.78, 5) is 26.8. The molecule has 1 saturated heterocycles. The maximum atomic E-state index is 12.6. The van der Waals surface area contributed by atoms with Gasteiger partial charge in [-0.25, -0.2) is 0 Å². The van der Waals surface area contributed by atoms with E-state index in [2.05, 4.69) is 19.2 Å². The first-order valence-corrected chi connectivity index (χ1v) is 7.60. The van der Waals surface area contributed by atoms with Gasteiger partial charge in [-0.1, -0.05) is 41.0 Å². The van der Waals surface area contributed by atoms with Crippen LogP contribution in [0.5, 0.6) is 0 Å². The molecule has 4 nitrogen and oxygen atoms in total. The van der Waals surface area contributed by atoms with Crippen molar-refractivity contribution < 1.29 is 9.59 Å². The molecule has 110 valence electrons. The normalized spacial score (nSPS) is 25.7. The van der Waals surface area contributed by atoms with Gasteiger partial charge in [-0.3, -0.25) is 9.59 Å². The van der Waals surface area contributed by atoms with Crippen LogP contribution in [0.4, 0.5) is 0 Å². The van der Waals surface area contributed by atoms with E-state index in [9.17, 15) is 9.59 Å². The predicted octanol–water partition coefficient (Wildman–Crippen LogP) is 2.33. The van der Waals surface area contributed by atoms with E-state index < -0.39 is 0 Å². The van der Waals surface area contributed by atoms with Crippen molar-refractivity contribution in [1.29, 1.82) is 0 Å². The second-order valence-electron chi connectivity index (χ2n) is 5.75. The lowest BCUT2D eigenvalue weighted by Crippen LogP contribution is -2.66. The Labute approximate surface area is 116 Å². The van der Waals surface area contributed by atoms with Gasteiger partial charge in [0, 0.05) is 6.04 Å². The fraction of sp³-hybridized carbons (Fsp3) is 0.867. The van der Waals surface area contributed by atoms with Crippen molar-refractivity contribution in [2.45, 2.75) is 78.4 Å². The standard InChI is InChI=1S/C15H28N2O2/c1-6-9-11(7-2)17-13(10(4)5)14(18)16-12(8-3)15(17)19/h10-13H,6-9H2,1-5H3,(H,16,18). The number of hydrogen-bond acceptors (Lipinski definition) is 2. The summed E-state index contributed by atoms with van der Waals surface area (Å²) in [5, 5.41) is 2.87. The minimum Gasteiger partial charge on any atom is -0.343 e. The third kappa shape index (κ3) is 3.28. The van der Waals surface area contributed by atoms with Gasteiger partial charge in [-0.05, 0) is 25.2 Å². The molecule has 1 fully saturated rings. The van der Waals surface area contributed by atoms with Crippen LogP contribution in [0.15, 0.2) is 0 Å². The van der Waals surface area contributed by atoms with E-state index in [0.29, 0.717) is 6.42 Å². The molecule has 1 N–H and O–H groups in total. The Morgan fingerprint density at radius 3 is 2.26 bits per heavy atom. The van der Waals surface area contributed by atoms with Gasteiger partial charge in [0.2, 0.25) is 11.8 Å². The third-order valence-electron chi connectivity index (χ3n) is 3.96. The maximum absolute atomic E-state index is 12.6. The van der Waals surface area contributed by atoms with E-state index in [1.165, 1.54) is 0 Å². The SMILES string of the molecule is CCCC(CC)N1C(=O)C(CC)NC(=O)C1C(C)C. The number of carbonyl (C=O) groups excluding carboxylic acids is 2. The lowest BCUT2D eigenvalue weighted by molar-refractivity contribution is -0.154. The molecule has 0 radical (unpaired) electrons. The molecule has 1 rings (SSSR count). The minimum atomic E-state index is -0.339. The van der Waals surface area contributed by atoms with Gasteiger partial charge in [0.15, 0.2) is 0 Å². The lowest BCUT2D eigenvalue weighted by atomic mass is 9.92. The van der Waals surface area contributed by atoms with Gasteiger partial charge >= 0.3 is 0 Å². The van der Waals surface area contributed by atoms with Crippen LogP contribution in [0, 0.1) is 5.92 Å². The number of hydrogen-bond donors (Lipinski definition) is 1. The Bertz CT molecular complexity index is 328. The number of nitrogens with zero attached hydrogens (tertiary/aromatic N) is 1. The molecule has 1 aliphatic heterocycles. The van der Waals surface area contributed by atoms with Gasteiger partial charge in [-0.2, -0.15) is 0 Å². The van der Waals surface area contributed by atoms with Crippen molar-refractivity contribution in [3.05, 3.63) is 0 Å². The van der Waals surface area contributed by atoms with Crippen LogP contribution >= 0.6 is 0 Å². The number of rotatable bonds is 6. The van der Waals surface area contributed by atoms with Crippen LogP contribution in [-0.2, 0) is 9.59 Å². The van der Waals surface area contributed by atoms with Crippen molar-refractivity contribution in [3.63, 3.8) is 0 Å². The van der Waals surface area contributed by atoms with Crippen molar-refractivity contribution in [1.82, 2.24) is 10.2 Å². The highest BCUT2D eigenvalue weighted by Crippen LogP contribution is 2.24. The fourth-order valence-electron chi connectivity index (χ4n) is 2.94. The molecule has 0 aliphatic carbocycles. The summed E-state index contributed by atoms with van der Waals surface area (Å²) >= 11 is 0. The highest BCUT2D eigenvalue weighted by molar-refractivity contribution is 5.97. The van der Waals surface area contributed by atoms with Gasteiger partial charge in [0.05, 0.1) is 0 Å². The van der Waals surface area contributed by atoms with E-state index in [0.717, 1.165) is 19.3 Å². The van der Waals surface area contributed by atoms with Gasteiger partial charge in [-0.15, -0.1) is 0 Å². The lowest BCUT2D eigenvalue weighted by Gasteiger charge is -2.44. The summed E-state index contributed by atoms with van der Waals surface area (Å²) in [5.41, 5.74) is 0. The molecule has 1 aliphatic rings. The monoisotopic (exact) mass is 268 g/mol. The second kappa shape index (κ2) is 6.92. The Morgan fingerprint density at radius 2 is 1.84 bits per heavy atom. The fourth-order valence-corrected chi connectivity index (χ4v) is 2.94. The largest absolute Gasteiger partial charge is 0.343 e. The molecule has 0 aromatic carbocycles. The predicted molar refractivity (Wildman–Crippen MR) is 76.7 cm³/mol. The first-order chi connectivity index (χ1) is 8.97. The molecular weight excluding hydrogens is 240 g/mol. The van der Waals surface area contributed by atoms with Crippen molar-refractivity contribution >= 4 is 11.8 Å². The van der Waals surface area contributed by atoms with Crippen LogP contribution in [0.1, 0.15) is 60.3 Å². The quantitative estimate of drug-likeness (QED) is 0.803. The molecule has 3 unspecified atom stereocenters. The van der Waals surface area contributed by atoms with E-state index in [1.54, 1.807) is 0 Å². The topological polar surface area (TPSA) is 49.4 Å². The van der Waals surface area contributed by atoms with Crippen molar-refractivity contribution in [2.75, 3.05) is 0 Å². The minimum absolute atomic E-state index is 0.0102. The molecule has 4 heteroatoms. The summed E-state index contributed by atoms with van der Waals surface area (Å²) < 4.78 is 0. The van der Waals surface area contributed by atoms with E-state index >= 15 is 0 Å². The van der Waals surface area contributed by atoms with E-state index in [1.807, 2.05) is 25.7 Å². The van der Waals surface area contributed by atoms with Crippen LogP contribution in [0.2, 0.25) is 0 Å². The van der Waals surface area contributed by atoms with Gasteiger partial charge < -0.3 is 10.2 Å². The number of piperazine rings is 1. The summed E-state index contributed by atoms with van der Waals surface area (Å²) in [6.45, 7) is 10.2. The molecule has 2 amide bonds. The molecule has 0 bridgehead atoms. The molecule has 0 spiro atoms. The Kier molecular flexibility index (Phi) is 5.83. The third-order valence-corrected chi connectivity index (χ3v) is 3.96. The summed E-state index contributed by atoms with van der Waals surface area (Å²) in [6, 6.07) is -0.467. The number of nitrogens with one attached hydrogen (secondary N) is 1. The maximum Gasteiger partial charge on any atom is 0.246 e. The van der Waals surface area contributed by atoms with Gasteiger partial charge in [0.25, 0.3) is 0 Å². The smallest absolute Gasteiger partial charge is 0.246 e. The zero-order chi connectivity index (χ0) is 14.6. The van der Waals surface area contributed by atoms with Crippen molar-refractivity contribution in [3.8, 4) is 0 Å². The molecule has 0 aromatic heterocycles. The first-order valence-electron chi connectivity index (χ1n) is 7.60. The Balaban J connectivity index is 3.07. The van der Waals surface area contributed by atoms with Crippen LogP contribution in [-0.4, -0.2) is 34.8 Å². The highest BCUT2D eigenvalue weighted by atomic mass is 16.2. The number of amides is 2. The Morgan fingerprint density at radius 1 is 1.21 bits per heavy atom. The molecule has 1 heterocycles.